The van der Waals surface area contributed by atoms with Crippen LogP contribution >= 0.6 is 11.6 Å². The van der Waals surface area contributed by atoms with Gasteiger partial charge in [-0.15, -0.1) is 10.2 Å². The van der Waals surface area contributed by atoms with Gasteiger partial charge in [0.1, 0.15) is 5.82 Å². The van der Waals surface area contributed by atoms with E-state index < -0.39 is 5.67 Å². The lowest BCUT2D eigenvalue weighted by molar-refractivity contribution is -0.142. The molecular weight excluding hydrogens is 369 g/mol. The van der Waals surface area contributed by atoms with Crippen molar-refractivity contribution < 1.29 is 9.13 Å². The van der Waals surface area contributed by atoms with Crippen molar-refractivity contribution in [2.45, 2.75) is 37.5 Å². The van der Waals surface area contributed by atoms with E-state index in [2.05, 4.69) is 25.0 Å². The van der Waals surface area contributed by atoms with Gasteiger partial charge in [0, 0.05) is 24.0 Å². The maximum atomic E-state index is 14.7. The normalized spacial score (nSPS) is 22.6. The van der Waals surface area contributed by atoms with E-state index in [0.717, 1.165) is 48.8 Å². The smallest absolute Gasteiger partial charge is 0.169 e. The number of hydrogen-bond acceptors (Lipinski definition) is 5. The van der Waals surface area contributed by atoms with Crippen molar-refractivity contribution in [3.63, 3.8) is 0 Å². The first kappa shape index (κ1) is 17.6. The summed E-state index contributed by atoms with van der Waals surface area (Å²) in [4.78, 5) is 2.09. The minimum absolute atomic E-state index is 0.166. The number of benzene rings is 1. The zero-order valence-corrected chi connectivity index (χ0v) is 15.9. The van der Waals surface area contributed by atoms with Crippen LogP contribution in [0.4, 0.5) is 4.39 Å². The molecule has 0 atom stereocenters. The van der Waals surface area contributed by atoms with Crippen molar-refractivity contribution in [1.82, 2.24) is 25.0 Å². The van der Waals surface area contributed by atoms with Crippen LogP contribution in [0.5, 0.6) is 0 Å². The summed E-state index contributed by atoms with van der Waals surface area (Å²) in [5.41, 5.74) is 0.875. The van der Waals surface area contributed by atoms with Gasteiger partial charge in [-0.1, -0.05) is 11.6 Å². The number of piperidine rings is 1. The molecule has 3 aliphatic heterocycles. The fourth-order valence-corrected chi connectivity index (χ4v) is 4.56. The average molecular weight is 392 g/mol. The molecule has 1 aromatic heterocycles. The Morgan fingerprint density at radius 2 is 2.04 bits per heavy atom. The fourth-order valence-electron chi connectivity index (χ4n) is 4.36. The minimum Gasteiger partial charge on any atom is -0.375 e. The molecular formula is C19H23ClFN5O. The quantitative estimate of drug-likeness (QED) is 0.871. The number of hydrogen-bond donors (Lipinski definition) is 1. The van der Waals surface area contributed by atoms with Gasteiger partial charge >= 0.3 is 0 Å². The molecule has 3 aliphatic rings. The standard InChI is InChI=1S/C19H23ClFN5O/c20-15-1-2-16-14(7-15)8-25(10-19(21)11-27-12-19)9-17-23-24-18(26(16)17)13-3-5-22-6-4-13/h1-2,7,13,22H,3-6,8-12H2. The number of halogens is 2. The zero-order chi connectivity index (χ0) is 18.4. The number of aromatic nitrogens is 3. The summed E-state index contributed by atoms with van der Waals surface area (Å²) in [6.07, 6.45) is 2.10. The van der Waals surface area contributed by atoms with Crippen LogP contribution < -0.4 is 5.32 Å². The molecule has 27 heavy (non-hydrogen) atoms. The molecule has 0 spiro atoms. The van der Waals surface area contributed by atoms with Crippen molar-refractivity contribution in [2.75, 3.05) is 32.8 Å². The molecule has 0 amide bonds. The summed E-state index contributed by atoms with van der Waals surface area (Å²) in [7, 11) is 0. The highest BCUT2D eigenvalue weighted by Crippen LogP contribution is 2.33. The SMILES string of the molecule is FC1(CN2Cc3cc(Cl)ccc3-n3c(nnc3C3CCNCC3)C2)COC1. The maximum absolute atomic E-state index is 14.7. The van der Waals surface area contributed by atoms with Gasteiger partial charge in [-0.25, -0.2) is 4.39 Å². The summed E-state index contributed by atoms with van der Waals surface area (Å²) in [5, 5.41) is 13.2. The van der Waals surface area contributed by atoms with Gasteiger partial charge in [-0.3, -0.25) is 9.47 Å². The first-order valence-electron chi connectivity index (χ1n) is 9.54. The van der Waals surface area contributed by atoms with Crippen LogP contribution in [0.2, 0.25) is 5.02 Å². The number of fused-ring (bicyclic) bond motifs is 3. The molecule has 144 valence electrons. The van der Waals surface area contributed by atoms with E-state index in [1.165, 1.54) is 0 Å². The third-order valence-electron chi connectivity index (χ3n) is 5.73. The Labute approximate surface area is 162 Å². The molecule has 1 N–H and O–H groups in total. The van der Waals surface area contributed by atoms with Crippen LogP contribution in [0.15, 0.2) is 18.2 Å². The fraction of sp³-hybridized carbons (Fsp3) is 0.579. The highest BCUT2D eigenvalue weighted by Gasteiger charge is 2.41. The van der Waals surface area contributed by atoms with Gasteiger partial charge in [0.05, 0.1) is 25.4 Å². The Morgan fingerprint density at radius 3 is 2.78 bits per heavy atom. The molecule has 6 nitrogen and oxygen atoms in total. The highest BCUT2D eigenvalue weighted by atomic mass is 35.5. The van der Waals surface area contributed by atoms with E-state index in [4.69, 9.17) is 16.3 Å². The maximum Gasteiger partial charge on any atom is 0.169 e. The molecule has 0 unspecified atom stereocenters. The molecule has 0 aliphatic carbocycles. The summed E-state index contributed by atoms with van der Waals surface area (Å²) in [6, 6.07) is 5.92. The topological polar surface area (TPSA) is 55.2 Å². The lowest BCUT2D eigenvalue weighted by Crippen LogP contribution is -2.53. The Kier molecular flexibility index (Phi) is 4.43. The number of alkyl halides is 1. The number of nitrogens with one attached hydrogen (secondary N) is 1. The van der Waals surface area contributed by atoms with E-state index in [-0.39, 0.29) is 13.2 Å². The summed E-state index contributed by atoms with van der Waals surface area (Å²) in [5.74, 6) is 2.27. The van der Waals surface area contributed by atoms with Gasteiger partial charge in [0.2, 0.25) is 0 Å². The molecule has 2 saturated heterocycles. The lowest BCUT2D eigenvalue weighted by atomic mass is 9.97. The van der Waals surface area contributed by atoms with Gasteiger partial charge < -0.3 is 10.1 Å². The lowest BCUT2D eigenvalue weighted by Gasteiger charge is -2.37. The van der Waals surface area contributed by atoms with Gasteiger partial charge in [0.15, 0.2) is 11.5 Å². The molecule has 2 aromatic rings. The van der Waals surface area contributed by atoms with Crippen molar-refractivity contribution in [1.29, 1.82) is 0 Å². The molecule has 5 rings (SSSR count). The second-order valence-corrected chi connectivity index (χ2v) is 8.33. The number of nitrogens with zero attached hydrogens (tertiary/aromatic N) is 4. The van der Waals surface area contributed by atoms with Crippen molar-refractivity contribution in [3.8, 4) is 5.69 Å². The predicted octanol–water partition coefficient (Wildman–Crippen LogP) is 2.44. The highest BCUT2D eigenvalue weighted by molar-refractivity contribution is 6.30. The first-order chi connectivity index (χ1) is 13.1. The Bertz CT molecular complexity index is 847. The van der Waals surface area contributed by atoms with E-state index in [0.29, 0.717) is 30.6 Å². The summed E-state index contributed by atoms with van der Waals surface area (Å²) < 4.78 is 22.0. The summed E-state index contributed by atoms with van der Waals surface area (Å²) in [6.45, 7) is 3.85. The Hall–Kier alpha value is -1.54. The van der Waals surface area contributed by atoms with Crippen LogP contribution in [0.1, 0.15) is 36.0 Å². The monoisotopic (exact) mass is 391 g/mol. The van der Waals surface area contributed by atoms with Gasteiger partial charge in [-0.2, -0.15) is 0 Å². The first-order valence-corrected chi connectivity index (χ1v) is 9.92. The second kappa shape index (κ2) is 6.81. The van der Waals surface area contributed by atoms with Crippen LogP contribution in [-0.4, -0.2) is 58.2 Å². The van der Waals surface area contributed by atoms with E-state index in [1.54, 1.807) is 0 Å². The minimum atomic E-state index is -1.27. The molecule has 0 bridgehead atoms. The Balaban J connectivity index is 1.55. The average Bonchev–Trinajstić information content (AvgIpc) is 2.98. The van der Waals surface area contributed by atoms with Crippen molar-refractivity contribution in [3.05, 3.63) is 40.4 Å². The number of ether oxygens (including phenoxy) is 1. The van der Waals surface area contributed by atoms with E-state index in [1.807, 2.05) is 18.2 Å². The third kappa shape index (κ3) is 3.27. The van der Waals surface area contributed by atoms with Crippen LogP contribution in [0.25, 0.3) is 5.69 Å². The second-order valence-electron chi connectivity index (χ2n) is 7.90. The number of rotatable bonds is 3. The molecule has 8 heteroatoms. The predicted molar refractivity (Wildman–Crippen MR) is 100.0 cm³/mol. The van der Waals surface area contributed by atoms with Gasteiger partial charge in [0.25, 0.3) is 0 Å². The molecule has 0 saturated carbocycles. The van der Waals surface area contributed by atoms with E-state index in [9.17, 15) is 4.39 Å². The van der Waals surface area contributed by atoms with Crippen molar-refractivity contribution in [2.24, 2.45) is 0 Å². The van der Waals surface area contributed by atoms with Crippen molar-refractivity contribution >= 4 is 11.6 Å². The van der Waals surface area contributed by atoms with Crippen LogP contribution in [0.3, 0.4) is 0 Å². The largest absolute Gasteiger partial charge is 0.375 e. The molecule has 2 fully saturated rings. The zero-order valence-electron chi connectivity index (χ0n) is 15.1. The molecule has 0 radical (unpaired) electrons. The molecule has 4 heterocycles. The van der Waals surface area contributed by atoms with E-state index >= 15 is 0 Å². The summed E-state index contributed by atoms with van der Waals surface area (Å²) >= 11 is 6.28. The Morgan fingerprint density at radius 1 is 1.22 bits per heavy atom. The van der Waals surface area contributed by atoms with Gasteiger partial charge in [-0.05, 0) is 49.7 Å². The molecule has 1 aromatic carbocycles. The van der Waals surface area contributed by atoms with Crippen LogP contribution in [-0.2, 0) is 17.8 Å². The van der Waals surface area contributed by atoms with Crippen LogP contribution in [0, 0.1) is 0 Å². The third-order valence-corrected chi connectivity index (χ3v) is 5.96.